The van der Waals surface area contributed by atoms with Crippen molar-refractivity contribution in [2.75, 3.05) is 6.54 Å². The number of carbonyl (C=O) groups excluding carboxylic acids is 3. The van der Waals surface area contributed by atoms with Crippen LogP contribution in [0.2, 0.25) is 0 Å². The van der Waals surface area contributed by atoms with E-state index < -0.39 is 35.4 Å². The van der Waals surface area contributed by atoms with Crippen molar-refractivity contribution in [3.63, 3.8) is 0 Å². The summed E-state index contributed by atoms with van der Waals surface area (Å²) >= 11 is 0. The van der Waals surface area contributed by atoms with Crippen LogP contribution in [0.1, 0.15) is 66.4 Å². The molecule has 0 saturated carbocycles. The summed E-state index contributed by atoms with van der Waals surface area (Å²) in [5.74, 6) is -0.510. The molecule has 1 aromatic rings. The van der Waals surface area contributed by atoms with Crippen molar-refractivity contribution in [1.29, 1.82) is 0 Å². The molecule has 1 aromatic carbocycles. The van der Waals surface area contributed by atoms with Gasteiger partial charge in [0.15, 0.2) is 0 Å². The number of ether oxygens (including phenoxy) is 4. The summed E-state index contributed by atoms with van der Waals surface area (Å²) in [5.41, 5.74) is -0.383. The SMILES string of the molecule is CC(C)(C)OC(=O)NC[C@@H]1O[C@H]1CCC[C@H](NC(=O)OCc1ccccc1)C(=O)OC(C)(C)C. The van der Waals surface area contributed by atoms with Gasteiger partial charge >= 0.3 is 18.2 Å². The second kappa shape index (κ2) is 12.1. The molecule has 0 spiro atoms. The summed E-state index contributed by atoms with van der Waals surface area (Å²) in [6, 6.07) is 8.46. The summed E-state index contributed by atoms with van der Waals surface area (Å²) in [4.78, 5) is 36.7. The zero-order valence-electron chi connectivity index (χ0n) is 21.0. The molecule has 1 saturated heterocycles. The molecule has 0 radical (unpaired) electrons. The van der Waals surface area contributed by atoms with E-state index in [4.69, 9.17) is 18.9 Å². The van der Waals surface area contributed by atoms with Gasteiger partial charge in [-0.2, -0.15) is 0 Å². The molecule has 2 rings (SSSR count). The number of epoxide rings is 1. The van der Waals surface area contributed by atoms with Gasteiger partial charge in [-0.25, -0.2) is 14.4 Å². The Morgan fingerprint density at radius 3 is 2.21 bits per heavy atom. The van der Waals surface area contributed by atoms with E-state index in [1.807, 2.05) is 30.3 Å². The van der Waals surface area contributed by atoms with E-state index in [9.17, 15) is 14.4 Å². The molecule has 9 heteroatoms. The Morgan fingerprint density at radius 2 is 1.59 bits per heavy atom. The molecular formula is C25H38N2O7. The summed E-state index contributed by atoms with van der Waals surface area (Å²) in [5, 5.41) is 5.32. The second-order valence-corrected chi connectivity index (χ2v) is 10.3. The number of rotatable bonds is 10. The fourth-order valence-electron chi connectivity index (χ4n) is 3.16. The van der Waals surface area contributed by atoms with Gasteiger partial charge in [-0.05, 0) is 66.4 Å². The second-order valence-electron chi connectivity index (χ2n) is 10.3. The van der Waals surface area contributed by atoms with Gasteiger partial charge in [0, 0.05) is 6.54 Å². The van der Waals surface area contributed by atoms with Crippen LogP contribution in [0.25, 0.3) is 0 Å². The number of hydrogen-bond donors (Lipinski definition) is 2. The lowest BCUT2D eigenvalue weighted by Crippen LogP contribution is -2.44. The number of nitrogens with one attached hydrogen (secondary N) is 2. The number of benzene rings is 1. The molecule has 3 atom stereocenters. The molecule has 0 bridgehead atoms. The van der Waals surface area contributed by atoms with Gasteiger partial charge in [0.1, 0.15) is 30.0 Å². The smallest absolute Gasteiger partial charge is 0.408 e. The fraction of sp³-hybridized carbons (Fsp3) is 0.640. The predicted octanol–water partition coefficient (Wildman–Crippen LogP) is 4.09. The molecule has 34 heavy (non-hydrogen) atoms. The standard InChI is InChI=1S/C25H38N2O7/c1-24(2,3)33-21(28)18(27-23(30)31-16-17-11-8-7-9-12-17)13-10-14-19-20(32-19)15-26-22(29)34-25(4,5)6/h7-9,11-12,18-20H,10,13-16H2,1-6H3,(H,26,29)(H,27,30)/t18-,19-,20-/m0/s1. The van der Waals surface area contributed by atoms with E-state index in [0.29, 0.717) is 25.8 Å². The van der Waals surface area contributed by atoms with E-state index in [2.05, 4.69) is 10.6 Å². The summed E-state index contributed by atoms with van der Waals surface area (Å²) in [6.07, 6.45) is 0.417. The Kier molecular flexibility index (Phi) is 9.73. The van der Waals surface area contributed by atoms with Gasteiger partial charge in [0.25, 0.3) is 0 Å². The normalized spacial score (nSPS) is 18.4. The molecule has 2 N–H and O–H groups in total. The van der Waals surface area contributed by atoms with Gasteiger partial charge in [-0.1, -0.05) is 30.3 Å². The van der Waals surface area contributed by atoms with Gasteiger partial charge in [-0.3, -0.25) is 0 Å². The Morgan fingerprint density at radius 1 is 0.941 bits per heavy atom. The highest BCUT2D eigenvalue weighted by Crippen LogP contribution is 2.27. The average molecular weight is 479 g/mol. The van der Waals surface area contributed by atoms with Crippen LogP contribution in [0.4, 0.5) is 9.59 Å². The third-order valence-electron chi connectivity index (χ3n) is 4.71. The minimum Gasteiger partial charge on any atom is -0.458 e. The largest absolute Gasteiger partial charge is 0.458 e. The molecular weight excluding hydrogens is 440 g/mol. The first-order valence-electron chi connectivity index (χ1n) is 11.6. The van der Waals surface area contributed by atoms with Crippen LogP contribution < -0.4 is 10.6 Å². The number of amides is 2. The van der Waals surface area contributed by atoms with Crippen molar-refractivity contribution in [2.24, 2.45) is 0 Å². The molecule has 1 heterocycles. The van der Waals surface area contributed by atoms with Crippen LogP contribution in [0.5, 0.6) is 0 Å². The monoisotopic (exact) mass is 478 g/mol. The predicted molar refractivity (Wildman–Crippen MR) is 126 cm³/mol. The topological polar surface area (TPSA) is 115 Å². The molecule has 2 amide bonds. The maximum Gasteiger partial charge on any atom is 0.408 e. The maximum absolute atomic E-state index is 12.6. The molecule has 1 fully saturated rings. The molecule has 0 unspecified atom stereocenters. The van der Waals surface area contributed by atoms with E-state index in [1.165, 1.54) is 0 Å². The molecule has 0 aromatic heterocycles. The van der Waals surface area contributed by atoms with E-state index >= 15 is 0 Å². The van der Waals surface area contributed by atoms with Crippen LogP contribution in [0.3, 0.4) is 0 Å². The van der Waals surface area contributed by atoms with E-state index in [0.717, 1.165) is 5.56 Å². The molecule has 0 aliphatic carbocycles. The Bertz CT molecular complexity index is 815. The molecule has 9 nitrogen and oxygen atoms in total. The van der Waals surface area contributed by atoms with Gasteiger partial charge in [0.2, 0.25) is 0 Å². The highest BCUT2D eigenvalue weighted by atomic mass is 16.6. The zero-order chi connectivity index (χ0) is 25.4. The first kappa shape index (κ1) is 27.4. The van der Waals surface area contributed by atoms with Crippen LogP contribution in [-0.2, 0) is 30.3 Å². The minimum atomic E-state index is -0.834. The summed E-state index contributed by atoms with van der Waals surface area (Å²) in [6.45, 7) is 11.2. The minimum absolute atomic E-state index is 0.0146. The van der Waals surface area contributed by atoms with Crippen molar-refractivity contribution < 1.29 is 33.3 Å². The van der Waals surface area contributed by atoms with Gasteiger partial charge in [0.05, 0.1) is 6.10 Å². The lowest BCUT2D eigenvalue weighted by molar-refractivity contribution is -0.157. The number of esters is 1. The van der Waals surface area contributed by atoms with Crippen molar-refractivity contribution in [3.8, 4) is 0 Å². The van der Waals surface area contributed by atoms with Crippen molar-refractivity contribution in [2.45, 2.75) is 96.9 Å². The Balaban J connectivity index is 1.77. The Hall–Kier alpha value is -2.81. The zero-order valence-corrected chi connectivity index (χ0v) is 21.0. The van der Waals surface area contributed by atoms with Crippen molar-refractivity contribution >= 4 is 18.2 Å². The van der Waals surface area contributed by atoms with Gasteiger partial charge < -0.3 is 29.6 Å². The van der Waals surface area contributed by atoms with Crippen LogP contribution in [-0.4, -0.2) is 54.2 Å². The summed E-state index contributed by atoms with van der Waals surface area (Å²) < 4.78 is 21.5. The molecule has 1 aliphatic rings. The average Bonchev–Trinajstić information content (AvgIpc) is 3.46. The van der Waals surface area contributed by atoms with Crippen LogP contribution in [0.15, 0.2) is 30.3 Å². The van der Waals surface area contributed by atoms with Gasteiger partial charge in [-0.15, -0.1) is 0 Å². The van der Waals surface area contributed by atoms with E-state index in [-0.39, 0.29) is 18.8 Å². The first-order valence-corrected chi connectivity index (χ1v) is 11.6. The van der Waals surface area contributed by atoms with Crippen LogP contribution in [0, 0.1) is 0 Å². The highest BCUT2D eigenvalue weighted by molar-refractivity contribution is 5.81. The molecule has 1 aliphatic heterocycles. The number of hydrogen-bond acceptors (Lipinski definition) is 7. The lowest BCUT2D eigenvalue weighted by atomic mass is 10.1. The first-order chi connectivity index (χ1) is 15.8. The maximum atomic E-state index is 12.6. The highest BCUT2D eigenvalue weighted by Gasteiger charge is 2.39. The third kappa shape index (κ3) is 11.4. The molecule has 190 valence electrons. The number of alkyl carbamates (subject to hydrolysis) is 2. The summed E-state index contributed by atoms with van der Waals surface area (Å²) in [7, 11) is 0. The Labute approximate surface area is 201 Å². The number of carbonyl (C=O) groups is 3. The fourth-order valence-corrected chi connectivity index (χ4v) is 3.16. The van der Waals surface area contributed by atoms with Crippen molar-refractivity contribution in [1.82, 2.24) is 10.6 Å². The quantitative estimate of drug-likeness (QED) is 0.296. The van der Waals surface area contributed by atoms with Crippen molar-refractivity contribution in [3.05, 3.63) is 35.9 Å². The lowest BCUT2D eigenvalue weighted by Gasteiger charge is -2.24. The third-order valence-corrected chi connectivity index (χ3v) is 4.71. The van der Waals surface area contributed by atoms with E-state index in [1.54, 1.807) is 41.5 Å². The van der Waals surface area contributed by atoms with Crippen LogP contribution >= 0.6 is 0 Å².